The van der Waals surface area contributed by atoms with Crippen LogP contribution in [0, 0.1) is 0 Å². The van der Waals surface area contributed by atoms with Gasteiger partial charge in [0.25, 0.3) is 0 Å². The number of nitrogens with zero attached hydrogens (tertiary/aromatic N) is 1. The summed E-state index contributed by atoms with van der Waals surface area (Å²) < 4.78 is 1.15. The van der Waals surface area contributed by atoms with Crippen LogP contribution in [0.1, 0.15) is 31.7 Å². The zero-order valence-electron chi connectivity index (χ0n) is 11.1. The lowest BCUT2D eigenvalue weighted by Crippen LogP contribution is -2.21. The number of unbranched alkanes of at least 4 members (excludes halogenated alkanes) is 2. The van der Waals surface area contributed by atoms with E-state index in [1.54, 1.807) is 0 Å². The lowest BCUT2D eigenvalue weighted by atomic mass is 10.1. The molecule has 96 valence electrons. The van der Waals surface area contributed by atoms with Gasteiger partial charge in [-0.05, 0) is 37.2 Å². The van der Waals surface area contributed by atoms with Gasteiger partial charge in [-0.1, -0.05) is 35.7 Å². The second-order valence-corrected chi connectivity index (χ2v) is 5.35. The van der Waals surface area contributed by atoms with Gasteiger partial charge in [0.1, 0.15) is 0 Å². The molecule has 3 heteroatoms. The van der Waals surface area contributed by atoms with Crippen molar-refractivity contribution in [2.24, 2.45) is 0 Å². The standard InChI is InChI=1S/C14H23BrN2/c1-4-5-6-9-17(3)14-8-7-13(15)10-12(14)11-16-2/h7-8,10,16H,4-6,9,11H2,1-3H3. The Morgan fingerprint density at radius 1 is 1.29 bits per heavy atom. The lowest BCUT2D eigenvalue weighted by molar-refractivity contribution is 0.701. The maximum atomic E-state index is 3.53. The third kappa shape index (κ3) is 4.68. The number of rotatable bonds is 7. The van der Waals surface area contributed by atoms with E-state index in [1.807, 2.05) is 7.05 Å². The average Bonchev–Trinajstić information content (AvgIpc) is 2.30. The predicted octanol–water partition coefficient (Wildman–Crippen LogP) is 3.79. The average molecular weight is 299 g/mol. The van der Waals surface area contributed by atoms with E-state index < -0.39 is 0 Å². The Morgan fingerprint density at radius 3 is 2.71 bits per heavy atom. The molecule has 1 aromatic rings. The van der Waals surface area contributed by atoms with Crippen LogP contribution in [0.5, 0.6) is 0 Å². The minimum absolute atomic E-state index is 0.910. The second kappa shape index (κ2) is 7.72. The van der Waals surface area contributed by atoms with Gasteiger partial charge in [0.05, 0.1) is 0 Å². The van der Waals surface area contributed by atoms with Crippen molar-refractivity contribution in [2.45, 2.75) is 32.7 Å². The minimum Gasteiger partial charge on any atom is -0.374 e. The highest BCUT2D eigenvalue weighted by Crippen LogP contribution is 2.24. The van der Waals surface area contributed by atoms with E-state index in [9.17, 15) is 0 Å². The molecule has 0 unspecified atom stereocenters. The Kier molecular flexibility index (Phi) is 6.60. The summed E-state index contributed by atoms with van der Waals surface area (Å²) in [5.41, 5.74) is 2.68. The largest absolute Gasteiger partial charge is 0.374 e. The zero-order chi connectivity index (χ0) is 12.7. The molecule has 0 aromatic heterocycles. The van der Waals surface area contributed by atoms with Gasteiger partial charge >= 0.3 is 0 Å². The summed E-state index contributed by atoms with van der Waals surface area (Å²) in [6.07, 6.45) is 3.85. The van der Waals surface area contributed by atoms with Crippen LogP contribution in [0.3, 0.4) is 0 Å². The van der Waals surface area contributed by atoms with Crippen LogP contribution < -0.4 is 10.2 Å². The molecule has 0 aliphatic heterocycles. The van der Waals surface area contributed by atoms with Crippen molar-refractivity contribution in [1.29, 1.82) is 0 Å². The molecule has 0 saturated heterocycles. The van der Waals surface area contributed by atoms with Gasteiger partial charge in [-0.2, -0.15) is 0 Å². The summed E-state index contributed by atoms with van der Waals surface area (Å²) in [5, 5.41) is 3.23. The maximum absolute atomic E-state index is 3.53. The summed E-state index contributed by atoms with van der Waals surface area (Å²) >= 11 is 3.53. The topological polar surface area (TPSA) is 15.3 Å². The van der Waals surface area contributed by atoms with Crippen LogP contribution in [0.4, 0.5) is 5.69 Å². The quantitative estimate of drug-likeness (QED) is 0.771. The van der Waals surface area contributed by atoms with Crippen molar-refractivity contribution in [3.05, 3.63) is 28.2 Å². The third-order valence-electron chi connectivity index (χ3n) is 2.92. The molecule has 0 aliphatic carbocycles. The summed E-state index contributed by atoms with van der Waals surface area (Å²) in [5.74, 6) is 0. The Morgan fingerprint density at radius 2 is 2.06 bits per heavy atom. The van der Waals surface area contributed by atoms with E-state index in [4.69, 9.17) is 0 Å². The van der Waals surface area contributed by atoms with Gasteiger partial charge in [0, 0.05) is 30.3 Å². The number of nitrogens with one attached hydrogen (secondary N) is 1. The zero-order valence-corrected chi connectivity index (χ0v) is 12.7. The first-order chi connectivity index (χ1) is 8.19. The number of hydrogen-bond acceptors (Lipinski definition) is 2. The van der Waals surface area contributed by atoms with Crippen molar-refractivity contribution in [2.75, 3.05) is 25.5 Å². The van der Waals surface area contributed by atoms with Crippen LogP contribution in [-0.2, 0) is 6.54 Å². The molecule has 1 N–H and O–H groups in total. The van der Waals surface area contributed by atoms with Crippen LogP contribution in [0.25, 0.3) is 0 Å². The summed E-state index contributed by atoms with van der Waals surface area (Å²) in [4.78, 5) is 2.36. The van der Waals surface area contributed by atoms with E-state index in [2.05, 4.69) is 58.3 Å². The molecule has 1 rings (SSSR count). The van der Waals surface area contributed by atoms with Gasteiger partial charge in [-0.25, -0.2) is 0 Å². The third-order valence-corrected chi connectivity index (χ3v) is 3.41. The highest BCUT2D eigenvalue weighted by molar-refractivity contribution is 9.10. The molecular weight excluding hydrogens is 276 g/mol. The Bertz CT molecular complexity index is 339. The van der Waals surface area contributed by atoms with E-state index in [0.717, 1.165) is 17.6 Å². The fourth-order valence-corrected chi connectivity index (χ4v) is 2.39. The number of halogens is 1. The van der Waals surface area contributed by atoms with E-state index in [-0.39, 0.29) is 0 Å². The molecule has 2 nitrogen and oxygen atoms in total. The fraction of sp³-hybridized carbons (Fsp3) is 0.571. The van der Waals surface area contributed by atoms with Crippen molar-refractivity contribution in [3.63, 3.8) is 0 Å². The van der Waals surface area contributed by atoms with Crippen molar-refractivity contribution in [1.82, 2.24) is 5.32 Å². The predicted molar refractivity (Wildman–Crippen MR) is 79.7 cm³/mol. The summed E-state index contributed by atoms with van der Waals surface area (Å²) in [6.45, 7) is 4.28. The lowest BCUT2D eigenvalue weighted by Gasteiger charge is -2.22. The molecule has 0 radical (unpaired) electrons. The molecule has 0 aliphatic rings. The van der Waals surface area contributed by atoms with Gasteiger partial charge < -0.3 is 10.2 Å². The Labute approximate surface area is 114 Å². The molecule has 17 heavy (non-hydrogen) atoms. The number of benzene rings is 1. The monoisotopic (exact) mass is 298 g/mol. The Balaban J connectivity index is 2.73. The molecule has 0 amide bonds. The molecule has 0 saturated carbocycles. The van der Waals surface area contributed by atoms with Crippen molar-refractivity contribution in [3.8, 4) is 0 Å². The van der Waals surface area contributed by atoms with Crippen LogP contribution in [0.15, 0.2) is 22.7 Å². The fourth-order valence-electron chi connectivity index (χ4n) is 1.98. The number of hydrogen-bond donors (Lipinski definition) is 1. The molecule has 1 aromatic carbocycles. The first-order valence-corrected chi connectivity index (χ1v) is 7.12. The van der Waals surface area contributed by atoms with Crippen molar-refractivity contribution < 1.29 is 0 Å². The van der Waals surface area contributed by atoms with E-state index in [0.29, 0.717) is 0 Å². The van der Waals surface area contributed by atoms with Crippen molar-refractivity contribution >= 4 is 21.6 Å². The number of anilines is 1. The molecule has 0 fully saturated rings. The highest BCUT2D eigenvalue weighted by atomic mass is 79.9. The molecule has 0 atom stereocenters. The minimum atomic E-state index is 0.910. The molecule has 0 spiro atoms. The van der Waals surface area contributed by atoms with E-state index >= 15 is 0 Å². The van der Waals surface area contributed by atoms with Crippen LogP contribution in [-0.4, -0.2) is 20.6 Å². The van der Waals surface area contributed by atoms with Gasteiger partial charge in [-0.15, -0.1) is 0 Å². The first-order valence-electron chi connectivity index (χ1n) is 6.33. The smallest absolute Gasteiger partial charge is 0.0410 e. The SMILES string of the molecule is CCCCCN(C)c1ccc(Br)cc1CNC. The summed E-state index contributed by atoms with van der Waals surface area (Å²) in [6, 6.07) is 6.51. The van der Waals surface area contributed by atoms with E-state index in [1.165, 1.54) is 30.5 Å². The van der Waals surface area contributed by atoms with Gasteiger partial charge in [0.2, 0.25) is 0 Å². The van der Waals surface area contributed by atoms with Gasteiger partial charge in [0.15, 0.2) is 0 Å². The Hall–Kier alpha value is -0.540. The molecule has 0 heterocycles. The summed E-state index contributed by atoms with van der Waals surface area (Å²) in [7, 11) is 4.17. The normalized spacial score (nSPS) is 10.6. The molecule has 0 bridgehead atoms. The van der Waals surface area contributed by atoms with Crippen LogP contribution >= 0.6 is 15.9 Å². The second-order valence-electron chi connectivity index (χ2n) is 4.43. The van der Waals surface area contributed by atoms with Gasteiger partial charge in [-0.3, -0.25) is 0 Å². The highest BCUT2D eigenvalue weighted by Gasteiger charge is 2.07. The maximum Gasteiger partial charge on any atom is 0.0410 e. The first kappa shape index (κ1) is 14.5. The molecular formula is C14H23BrN2. The van der Waals surface area contributed by atoms with Crippen LogP contribution in [0.2, 0.25) is 0 Å².